The average molecular weight is 412 g/mol. The normalized spacial score (nSPS) is 11.3. The molecule has 5 heteroatoms. The Hall–Kier alpha value is -3.70. The Bertz CT molecular complexity index is 1070. The third-order valence-electron chi connectivity index (χ3n) is 5.29. The molecule has 1 amide bonds. The number of aliphatic hydroxyl groups is 1. The molecule has 0 aliphatic carbocycles. The highest BCUT2D eigenvalue weighted by atomic mass is 16.3. The fourth-order valence-corrected chi connectivity index (χ4v) is 3.64. The molecule has 0 aliphatic heterocycles. The van der Waals surface area contributed by atoms with E-state index in [0.29, 0.717) is 24.1 Å². The van der Waals surface area contributed by atoms with Crippen molar-refractivity contribution in [1.29, 1.82) is 0 Å². The molecule has 0 saturated carbocycles. The molecule has 0 spiro atoms. The van der Waals surface area contributed by atoms with E-state index in [-0.39, 0.29) is 0 Å². The highest BCUT2D eigenvalue weighted by molar-refractivity contribution is 5.90. The van der Waals surface area contributed by atoms with Crippen molar-refractivity contribution in [2.24, 2.45) is 0 Å². The van der Waals surface area contributed by atoms with Crippen LogP contribution in [0.15, 0.2) is 97.2 Å². The van der Waals surface area contributed by atoms with Crippen molar-refractivity contribution >= 4 is 5.91 Å². The first-order valence-electron chi connectivity index (χ1n) is 10.3. The number of imidazole rings is 1. The molecule has 0 atom stereocenters. The van der Waals surface area contributed by atoms with Crippen LogP contribution in [0, 0.1) is 0 Å². The van der Waals surface area contributed by atoms with E-state index >= 15 is 0 Å². The summed E-state index contributed by atoms with van der Waals surface area (Å²) in [6.07, 6.45) is 3.12. The van der Waals surface area contributed by atoms with Gasteiger partial charge in [0.1, 0.15) is 5.82 Å². The first-order chi connectivity index (χ1) is 15.2. The topological polar surface area (TPSA) is 78.0 Å². The van der Waals surface area contributed by atoms with Crippen LogP contribution in [0.25, 0.3) is 0 Å². The predicted octanol–water partition coefficient (Wildman–Crippen LogP) is 3.60. The lowest BCUT2D eigenvalue weighted by molar-refractivity contribution is -0.136. The van der Waals surface area contributed by atoms with Gasteiger partial charge in [0.25, 0.3) is 5.91 Å². The molecular formula is C26H25N3O2. The molecule has 3 N–H and O–H groups in total. The van der Waals surface area contributed by atoms with Gasteiger partial charge in [0, 0.05) is 31.3 Å². The second kappa shape index (κ2) is 9.41. The number of hydrogen-bond acceptors (Lipinski definition) is 3. The Kier molecular flexibility index (Phi) is 6.24. The number of aromatic nitrogens is 2. The minimum atomic E-state index is -1.75. The van der Waals surface area contributed by atoms with E-state index < -0.39 is 11.5 Å². The fourth-order valence-electron chi connectivity index (χ4n) is 3.64. The van der Waals surface area contributed by atoms with Gasteiger partial charge in [0.15, 0.2) is 5.60 Å². The summed E-state index contributed by atoms with van der Waals surface area (Å²) in [7, 11) is 0. The van der Waals surface area contributed by atoms with E-state index in [1.54, 1.807) is 30.5 Å². The lowest BCUT2D eigenvalue weighted by atomic mass is 9.85. The number of benzene rings is 3. The van der Waals surface area contributed by atoms with Crippen LogP contribution in [0.4, 0.5) is 0 Å². The SMILES string of the molecule is O=C(NCCc1cnc(Cc2ccccc2)[nH]1)C(O)(c1ccccc1)c1ccccc1. The Balaban J connectivity index is 1.42. The van der Waals surface area contributed by atoms with Crippen molar-refractivity contribution in [3.05, 3.63) is 125 Å². The van der Waals surface area contributed by atoms with Crippen LogP contribution >= 0.6 is 0 Å². The van der Waals surface area contributed by atoms with Gasteiger partial charge in [-0.15, -0.1) is 0 Å². The van der Waals surface area contributed by atoms with Gasteiger partial charge in [-0.1, -0.05) is 91.0 Å². The van der Waals surface area contributed by atoms with Gasteiger partial charge >= 0.3 is 0 Å². The van der Waals surface area contributed by atoms with Gasteiger partial charge in [0.2, 0.25) is 0 Å². The molecule has 0 radical (unpaired) electrons. The highest BCUT2D eigenvalue weighted by Crippen LogP contribution is 2.29. The van der Waals surface area contributed by atoms with Crippen molar-refractivity contribution in [1.82, 2.24) is 15.3 Å². The molecule has 0 bridgehead atoms. The third-order valence-corrected chi connectivity index (χ3v) is 5.29. The highest BCUT2D eigenvalue weighted by Gasteiger charge is 2.39. The number of nitrogens with zero attached hydrogens (tertiary/aromatic N) is 1. The van der Waals surface area contributed by atoms with Crippen LogP contribution in [0.5, 0.6) is 0 Å². The van der Waals surface area contributed by atoms with Gasteiger partial charge in [-0.05, 0) is 16.7 Å². The molecular weight excluding hydrogens is 386 g/mol. The lowest BCUT2D eigenvalue weighted by Gasteiger charge is -2.28. The summed E-state index contributed by atoms with van der Waals surface area (Å²) in [5.74, 6) is 0.437. The summed E-state index contributed by atoms with van der Waals surface area (Å²) >= 11 is 0. The first-order valence-corrected chi connectivity index (χ1v) is 10.3. The van der Waals surface area contributed by atoms with Crippen molar-refractivity contribution in [3.8, 4) is 0 Å². The van der Waals surface area contributed by atoms with E-state index in [2.05, 4.69) is 27.4 Å². The largest absolute Gasteiger partial charge is 0.372 e. The van der Waals surface area contributed by atoms with Gasteiger partial charge < -0.3 is 15.4 Å². The number of carbonyl (C=O) groups excluding carboxylic acids is 1. The second-order valence-corrected chi connectivity index (χ2v) is 7.47. The molecule has 31 heavy (non-hydrogen) atoms. The van der Waals surface area contributed by atoms with Crippen molar-refractivity contribution in [3.63, 3.8) is 0 Å². The zero-order valence-electron chi connectivity index (χ0n) is 17.2. The van der Waals surface area contributed by atoms with Crippen LogP contribution in [0.3, 0.4) is 0 Å². The van der Waals surface area contributed by atoms with Gasteiger partial charge in [0.05, 0.1) is 0 Å². The number of H-pyrrole nitrogens is 1. The summed E-state index contributed by atoms with van der Waals surface area (Å²) < 4.78 is 0. The first kappa shape index (κ1) is 20.6. The molecule has 4 aromatic rings. The van der Waals surface area contributed by atoms with Gasteiger partial charge in [-0.25, -0.2) is 4.98 Å². The Morgan fingerprint density at radius 3 is 2.00 bits per heavy atom. The van der Waals surface area contributed by atoms with Gasteiger partial charge in [-0.2, -0.15) is 0 Å². The van der Waals surface area contributed by atoms with Gasteiger partial charge in [-0.3, -0.25) is 4.79 Å². The van der Waals surface area contributed by atoms with E-state index in [4.69, 9.17) is 0 Å². The summed E-state index contributed by atoms with van der Waals surface area (Å²) in [4.78, 5) is 20.9. The summed E-state index contributed by atoms with van der Waals surface area (Å²) in [5.41, 5.74) is 1.44. The minimum Gasteiger partial charge on any atom is -0.372 e. The number of carbonyl (C=O) groups is 1. The molecule has 0 aliphatic rings. The zero-order chi connectivity index (χ0) is 21.5. The Labute approximate surface area is 181 Å². The maximum Gasteiger partial charge on any atom is 0.261 e. The molecule has 3 aromatic carbocycles. The van der Waals surface area contributed by atoms with Crippen LogP contribution in [0.2, 0.25) is 0 Å². The van der Waals surface area contributed by atoms with Crippen LogP contribution in [0.1, 0.15) is 28.2 Å². The molecule has 0 unspecified atom stereocenters. The van der Waals surface area contributed by atoms with Crippen LogP contribution < -0.4 is 5.32 Å². The molecule has 0 fully saturated rings. The number of amides is 1. The quantitative estimate of drug-likeness (QED) is 0.415. The van der Waals surface area contributed by atoms with Crippen molar-refractivity contribution in [2.45, 2.75) is 18.4 Å². The lowest BCUT2D eigenvalue weighted by Crippen LogP contribution is -2.46. The number of rotatable bonds is 8. The maximum absolute atomic E-state index is 13.1. The van der Waals surface area contributed by atoms with E-state index in [1.165, 1.54) is 5.56 Å². The third kappa shape index (κ3) is 4.73. The average Bonchev–Trinajstić information content (AvgIpc) is 3.27. The number of hydrogen-bond donors (Lipinski definition) is 3. The molecule has 1 aromatic heterocycles. The Morgan fingerprint density at radius 2 is 1.42 bits per heavy atom. The summed E-state index contributed by atoms with van der Waals surface area (Å²) in [5, 5.41) is 14.3. The Morgan fingerprint density at radius 1 is 0.871 bits per heavy atom. The van der Waals surface area contributed by atoms with Crippen molar-refractivity contribution in [2.75, 3.05) is 6.54 Å². The molecule has 4 rings (SSSR count). The maximum atomic E-state index is 13.1. The standard InChI is InChI=1S/C26H25N3O2/c30-25(26(31,21-12-6-2-7-13-21)22-14-8-3-9-15-22)27-17-16-23-19-28-24(29-23)18-20-10-4-1-5-11-20/h1-15,19,31H,16-18H2,(H,27,30)(H,28,29). The molecule has 1 heterocycles. The van der Waals surface area contributed by atoms with E-state index in [9.17, 15) is 9.90 Å². The second-order valence-electron chi connectivity index (χ2n) is 7.47. The number of nitrogens with one attached hydrogen (secondary N) is 2. The monoisotopic (exact) mass is 411 g/mol. The molecule has 156 valence electrons. The van der Waals surface area contributed by atoms with E-state index in [1.807, 2.05) is 54.6 Å². The summed E-state index contributed by atoms with van der Waals surface area (Å²) in [6, 6.07) is 28.2. The minimum absolute atomic E-state index is 0.383. The fraction of sp³-hybridized carbons (Fsp3) is 0.154. The number of aromatic amines is 1. The van der Waals surface area contributed by atoms with E-state index in [0.717, 1.165) is 17.9 Å². The summed E-state index contributed by atoms with van der Waals surface area (Å²) in [6.45, 7) is 0.383. The molecule has 0 saturated heterocycles. The smallest absolute Gasteiger partial charge is 0.261 e. The van der Waals surface area contributed by atoms with Crippen molar-refractivity contribution < 1.29 is 9.90 Å². The van der Waals surface area contributed by atoms with Crippen LogP contribution in [-0.4, -0.2) is 27.5 Å². The molecule has 5 nitrogen and oxygen atoms in total. The van der Waals surface area contributed by atoms with Crippen LogP contribution in [-0.2, 0) is 23.2 Å². The predicted molar refractivity (Wildman–Crippen MR) is 120 cm³/mol. The zero-order valence-corrected chi connectivity index (χ0v) is 17.2.